The number of alkyl halides is 3. The van der Waals surface area contributed by atoms with Crippen molar-refractivity contribution in [3.8, 4) is 11.5 Å². The van der Waals surface area contributed by atoms with Gasteiger partial charge in [0.15, 0.2) is 6.61 Å². The number of rotatable bonds is 11. The lowest BCUT2D eigenvalue weighted by Crippen LogP contribution is -2.22. The molecule has 0 aliphatic rings. The summed E-state index contributed by atoms with van der Waals surface area (Å²) < 4.78 is 52.1. The van der Waals surface area contributed by atoms with Crippen LogP contribution < -0.4 is 9.47 Å². The van der Waals surface area contributed by atoms with Crippen LogP contribution in [-0.2, 0) is 17.8 Å². The van der Waals surface area contributed by atoms with Crippen molar-refractivity contribution in [2.45, 2.75) is 38.9 Å². The molecule has 10 heteroatoms. The number of benzene rings is 2. The van der Waals surface area contributed by atoms with Crippen LogP contribution in [0.15, 0.2) is 48.8 Å². The molecule has 2 aromatic carbocycles. The van der Waals surface area contributed by atoms with Crippen LogP contribution in [-0.4, -0.2) is 45.8 Å². The van der Waals surface area contributed by atoms with Gasteiger partial charge in [0.2, 0.25) is 0 Å². The van der Waals surface area contributed by atoms with Crippen molar-refractivity contribution in [2.24, 2.45) is 0 Å². The van der Waals surface area contributed by atoms with Crippen molar-refractivity contribution >= 4 is 33.6 Å². The molecule has 2 aromatic heterocycles. The van der Waals surface area contributed by atoms with Gasteiger partial charge in [0.1, 0.15) is 11.5 Å². The summed E-state index contributed by atoms with van der Waals surface area (Å²) in [5.74, 6) is -1.85. The number of fused-ring (bicyclic) bond motifs is 2. The molecule has 2 heterocycles. The van der Waals surface area contributed by atoms with E-state index < -0.39 is 30.1 Å². The topological polar surface area (TPSA) is 93.5 Å². The molecule has 7 nitrogen and oxygen atoms in total. The van der Waals surface area contributed by atoms with E-state index in [0.29, 0.717) is 43.0 Å². The smallest absolute Gasteiger partial charge is 0.454 e. The summed E-state index contributed by atoms with van der Waals surface area (Å²) in [6, 6.07) is 10.4. The van der Waals surface area contributed by atoms with Crippen molar-refractivity contribution in [2.75, 3.05) is 13.2 Å². The fourth-order valence-electron chi connectivity index (χ4n) is 4.24. The monoisotopic (exact) mass is 502 g/mol. The first-order valence-corrected chi connectivity index (χ1v) is 11.5. The van der Waals surface area contributed by atoms with Crippen LogP contribution in [0.1, 0.15) is 35.7 Å². The predicted molar refractivity (Wildman–Crippen MR) is 128 cm³/mol. The maximum Gasteiger partial charge on any atom is 0.454 e. The molecule has 36 heavy (non-hydrogen) atoms. The van der Waals surface area contributed by atoms with Crippen LogP contribution in [0.4, 0.5) is 13.2 Å². The number of hydrogen-bond acceptors (Lipinski definition) is 4. The highest BCUT2D eigenvalue weighted by Gasteiger charge is 2.40. The number of aromatic nitrogens is 2. The first-order chi connectivity index (χ1) is 17.2. The van der Waals surface area contributed by atoms with E-state index in [2.05, 4.69) is 9.55 Å². The standard InChI is InChI=1S/C26H25F3N2O5/c1-2-4-19-22(8-6-18-20(14-30-24(18)19)25(34)26(27,28)29)35-12-3-10-31-11-9-16-13-17(5-7-21(16)31)36-15-23(32)33/h5-9,11,13-14,30H,2-4,10,12,15H2,1H3,(H,32,33). The van der Waals surface area contributed by atoms with Gasteiger partial charge in [0, 0.05) is 40.8 Å². The number of aliphatic carboxylic acids is 1. The molecule has 4 rings (SSSR count). The summed E-state index contributed by atoms with van der Waals surface area (Å²) in [5.41, 5.74) is 1.81. The lowest BCUT2D eigenvalue weighted by Gasteiger charge is -2.13. The first kappa shape index (κ1) is 25.2. The van der Waals surface area contributed by atoms with E-state index in [-0.39, 0.29) is 5.39 Å². The normalized spacial score (nSPS) is 11.8. The zero-order chi connectivity index (χ0) is 25.9. The van der Waals surface area contributed by atoms with Crippen molar-refractivity contribution in [3.05, 3.63) is 59.9 Å². The third-order valence-electron chi connectivity index (χ3n) is 5.83. The average molecular weight is 502 g/mol. The van der Waals surface area contributed by atoms with Crippen LogP contribution in [0.3, 0.4) is 0 Å². The molecular formula is C26H25F3N2O5. The molecule has 0 bridgehead atoms. The Morgan fingerprint density at radius 2 is 1.92 bits per heavy atom. The number of ketones is 1. The molecule has 0 spiro atoms. The van der Waals surface area contributed by atoms with E-state index in [9.17, 15) is 22.8 Å². The minimum absolute atomic E-state index is 0.235. The maximum atomic E-state index is 13.0. The Hall–Kier alpha value is -3.95. The molecule has 4 aromatic rings. The van der Waals surface area contributed by atoms with Crippen molar-refractivity contribution in [3.63, 3.8) is 0 Å². The molecule has 2 N–H and O–H groups in total. The second kappa shape index (κ2) is 10.3. The molecular weight excluding hydrogens is 477 g/mol. The van der Waals surface area contributed by atoms with Gasteiger partial charge in [-0.3, -0.25) is 4.79 Å². The second-order valence-electron chi connectivity index (χ2n) is 8.36. The lowest BCUT2D eigenvalue weighted by molar-refractivity contribution is -0.139. The number of carboxylic acids is 1. The Kier molecular flexibility index (Phi) is 7.23. The number of ether oxygens (including phenoxy) is 2. The number of aromatic amines is 1. The summed E-state index contributed by atoms with van der Waals surface area (Å²) in [4.78, 5) is 25.3. The molecule has 0 radical (unpaired) electrons. The zero-order valence-corrected chi connectivity index (χ0v) is 19.5. The van der Waals surface area contributed by atoms with E-state index in [1.54, 1.807) is 18.2 Å². The van der Waals surface area contributed by atoms with E-state index in [4.69, 9.17) is 14.6 Å². The highest BCUT2D eigenvalue weighted by Crippen LogP contribution is 2.33. The number of hydrogen-bond donors (Lipinski definition) is 2. The summed E-state index contributed by atoms with van der Waals surface area (Å²) in [6.07, 6.45) is 0.112. The molecule has 0 fully saturated rings. The molecule has 190 valence electrons. The van der Waals surface area contributed by atoms with Gasteiger partial charge in [-0.1, -0.05) is 13.3 Å². The van der Waals surface area contributed by atoms with Gasteiger partial charge >= 0.3 is 12.1 Å². The number of nitrogens with zero attached hydrogens (tertiary/aromatic N) is 1. The Morgan fingerprint density at radius 1 is 1.11 bits per heavy atom. The van der Waals surface area contributed by atoms with E-state index in [1.807, 2.05) is 25.3 Å². The van der Waals surface area contributed by atoms with Crippen LogP contribution in [0, 0.1) is 0 Å². The van der Waals surface area contributed by atoms with Gasteiger partial charge in [-0.05, 0) is 49.2 Å². The van der Waals surface area contributed by atoms with Gasteiger partial charge < -0.3 is 24.1 Å². The largest absolute Gasteiger partial charge is 0.493 e. The molecule has 0 saturated heterocycles. The lowest BCUT2D eigenvalue weighted by atomic mass is 10.0. The number of aryl methyl sites for hydroxylation is 2. The SMILES string of the molecule is CCCc1c(OCCCn2ccc3cc(OCC(=O)O)ccc32)ccc2c(C(=O)C(F)(F)F)c[nH]c12. The van der Waals surface area contributed by atoms with Crippen molar-refractivity contribution in [1.82, 2.24) is 9.55 Å². The van der Waals surface area contributed by atoms with Crippen LogP contribution in [0.25, 0.3) is 21.8 Å². The summed E-state index contributed by atoms with van der Waals surface area (Å²) >= 11 is 0. The second-order valence-corrected chi connectivity index (χ2v) is 8.36. The first-order valence-electron chi connectivity index (χ1n) is 11.5. The van der Waals surface area contributed by atoms with Gasteiger partial charge in [0.05, 0.1) is 17.7 Å². The number of carboxylic acid groups (broad SMARTS) is 1. The van der Waals surface area contributed by atoms with Crippen LogP contribution in [0.5, 0.6) is 11.5 Å². The van der Waals surface area contributed by atoms with Gasteiger partial charge in [0.25, 0.3) is 5.78 Å². The quantitative estimate of drug-likeness (QED) is 0.201. The Balaban J connectivity index is 1.43. The van der Waals surface area contributed by atoms with E-state index in [1.165, 1.54) is 6.07 Å². The van der Waals surface area contributed by atoms with Crippen molar-refractivity contribution in [1.29, 1.82) is 0 Å². The molecule has 0 amide bonds. The van der Waals surface area contributed by atoms with Gasteiger partial charge in [-0.2, -0.15) is 13.2 Å². The minimum Gasteiger partial charge on any atom is -0.493 e. The fraction of sp³-hybridized carbons (Fsp3) is 0.308. The third-order valence-corrected chi connectivity index (χ3v) is 5.83. The molecule has 0 aliphatic carbocycles. The van der Waals surface area contributed by atoms with Gasteiger partial charge in [-0.25, -0.2) is 4.79 Å². The van der Waals surface area contributed by atoms with E-state index in [0.717, 1.165) is 29.1 Å². The number of halogens is 3. The molecule has 0 atom stereocenters. The summed E-state index contributed by atoms with van der Waals surface area (Å²) in [5, 5.41) is 9.91. The highest BCUT2D eigenvalue weighted by atomic mass is 19.4. The Labute approximate surface area is 204 Å². The summed E-state index contributed by atoms with van der Waals surface area (Å²) in [7, 11) is 0. The van der Waals surface area contributed by atoms with Crippen LogP contribution >= 0.6 is 0 Å². The summed E-state index contributed by atoms with van der Waals surface area (Å²) in [6.45, 7) is 2.61. The molecule has 0 saturated carbocycles. The number of Topliss-reactive ketones (excluding diaryl/α,β-unsaturated/α-hetero) is 1. The maximum absolute atomic E-state index is 13.0. The third kappa shape index (κ3) is 5.32. The average Bonchev–Trinajstić information content (AvgIpc) is 3.44. The fourth-order valence-corrected chi connectivity index (χ4v) is 4.24. The Morgan fingerprint density at radius 3 is 2.64 bits per heavy atom. The number of carbonyl (C=O) groups is 2. The predicted octanol–water partition coefficient (Wildman–Crippen LogP) is 5.75. The molecule has 0 unspecified atom stereocenters. The Bertz CT molecular complexity index is 1400. The number of nitrogens with one attached hydrogen (secondary N) is 1. The van der Waals surface area contributed by atoms with Gasteiger partial charge in [-0.15, -0.1) is 0 Å². The molecule has 0 aliphatic heterocycles. The highest BCUT2D eigenvalue weighted by molar-refractivity contribution is 6.11. The van der Waals surface area contributed by atoms with Crippen molar-refractivity contribution < 1.29 is 37.3 Å². The van der Waals surface area contributed by atoms with E-state index >= 15 is 0 Å². The zero-order valence-electron chi connectivity index (χ0n) is 19.5. The number of carbonyl (C=O) groups excluding carboxylic acids is 1. The minimum atomic E-state index is -4.94. The van der Waals surface area contributed by atoms with Crippen LogP contribution in [0.2, 0.25) is 0 Å². The number of H-pyrrole nitrogens is 1.